The van der Waals surface area contributed by atoms with Crippen LogP contribution in [-0.4, -0.2) is 49.3 Å². The Bertz CT molecular complexity index is 911. The third-order valence-electron chi connectivity index (χ3n) is 5.33. The van der Waals surface area contributed by atoms with Gasteiger partial charge in [0, 0.05) is 17.8 Å². The minimum Gasteiger partial charge on any atom is -0.390 e. The maximum atomic E-state index is 10.6. The number of rotatable bonds is 5. The number of aromatic nitrogens is 2. The highest BCUT2D eigenvalue weighted by Gasteiger charge is 2.46. The lowest BCUT2D eigenvalue weighted by atomic mass is 9.99. The Kier molecular flexibility index (Phi) is 4.97. The first-order chi connectivity index (χ1) is 13.1. The molecule has 1 saturated heterocycles. The van der Waals surface area contributed by atoms with Crippen LogP contribution < -0.4 is 0 Å². The van der Waals surface area contributed by atoms with Crippen LogP contribution in [-0.2, 0) is 11.2 Å². The van der Waals surface area contributed by atoms with Gasteiger partial charge in [0.05, 0.1) is 6.10 Å². The minimum absolute atomic E-state index is 0.439. The monoisotopic (exact) mass is 368 g/mol. The molecule has 1 aromatic carbocycles. The van der Waals surface area contributed by atoms with Gasteiger partial charge in [-0.1, -0.05) is 30.3 Å². The van der Waals surface area contributed by atoms with Crippen LogP contribution in [0, 0.1) is 6.92 Å². The van der Waals surface area contributed by atoms with Crippen LogP contribution >= 0.6 is 0 Å². The first-order valence-corrected chi connectivity index (χ1v) is 9.22. The molecule has 0 radical (unpaired) electrons. The second-order valence-electron chi connectivity index (χ2n) is 7.15. The van der Waals surface area contributed by atoms with Crippen LogP contribution in [0.4, 0.5) is 0 Å². The zero-order chi connectivity index (χ0) is 19.0. The molecule has 0 amide bonds. The first-order valence-electron chi connectivity index (χ1n) is 9.22. The van der Waals surface area contributed by atoms with Crippen molar-refractivity contribution in [3.63, 3.8) is 0 Å². The molecular formula is C21H24N2O4. The number of hydrogen-bond donors (Lipinski definition) is 3. The molecule has 0 aliphatic carbocycles. The molecule has 0 bridgehead atoms. The second kappa shape index (κ2) is 7.40. The van der Waals surface area contributed by atoms with Gasteiger partial charge in [0.1, 0.15) is 24.0 Å². The summed E-state index contributed by atoms with van der Waals surface area (Å²) < 4.78 is 7.62. The summed E-state index contributed by atoms with van der Waals surface area (Å²) in [7, 11) is 0. The van der Waals surface area contributed by atoms with Gasteiger partial charge in [-0.3, -0.25) is 0 Å². The molecule has 3 aromatic rings. The molecule has 27 heavy (non-hydrogen) atoms. The largest absolute Gasteiger partial charge is 0.390 e. The van der Waals surface area contributed by atoms with E-state index < -0.39 is 30.6 Å². The molecule has 2 aromatic heterocycles. The van der Waals surface area contributed by atoms with Gasteiger partial charge >= 0.3 is 0 Å². The van der Waals surface area contributed by atoms with E-state index in [1.165, 1.54) is 0 Å². The molecule has 1 aliphatic rings. The summed E-state index contributed by atoms with van der Waals surface area (Å²) in [6.07, 6.45) is -0.211. The molecule has 142 valence electrons. The zero-order valence-electron chi connectivity index (χ0n) is 15.1. The van der Waals surface area contributed by atoms with Crippen molar-refractivity contribution in [1.29, 1.82) is 0 Å². The van der Waals surface area contributed by atoms with Crippen molar-refractivity contribution in [3.05, 3.63) is 66.0 Å². The van der Waals surface area contributed by atoms with Crippen molar-refractivity contribution >= 4 is 11.0 Å². The van der Waals surface area contributed by atoms with E-state index >= 15 is 0 Å². The van der Waals surface area contributed by atoms with Crippen LogP contribution in [0.3, 0.4) is 0 Å². The van der Waals surface area contributed by atoms with Crippen LogP contribution in [0.5, 0.6) is 0 Å². The van der Waals surface area contributed by atoms with Crippen molar-refractivity contribution < 1.29 is 20.1 Å². The van der Waals surface area contributed by atoms with E-state index in [1.807, 2.05) is 49.4 Å². The highest BCUT2D eigenvalue weighted by molar-refractivity contribution is 5.79. The molecule has 1 fully saturated rings. The molecule has 6 heteroatoms. The van der Waals surface area contributed by atoms with Gasteiger partial charge in [-0.2, -0.15) is 0 Å². The Labute approximate surface area is 157 Å². The van der Waals surface area contributed by atoms with Gasteiger partial charge in [0.15, 0.2) is 6.23 Å². The summed E-state index contributed by atoms with van der Waals surface area (Å²) in [6.45, 7) is 1.99. The number of aliphatic hydroxyl groups excluding tert-OH is 3. The van der Waals surface area contributed by atoms with Crippen LogP contribution in [0.1, 0.15) is 23.8 Å². The maximum Gasteiger partial charge on any atom is 0.164 e. The lowest BCUT2D eigenvalue weighted by molar-refractivity contribution is -0.0850. The highest BCUT2D eigenvalue weighted by atomic mass is 16.6. The molecule has 3 N–H and O–H groups in total. The fourth-order valence-electron chi connectivity index (χ4n) is 3.75. The van der Waals surface area contributed by atoms with Crippen LogP contribution in [0.2, 0.25) is 0 Å². The Hall–Kier alpha value is -2.25. The van der Waals surface area contributed by atoms with Crippen LogP contribution in [0.15, 0.2) is 54.9 Å². The summed E-state index contributed by atoms with van der Waals surface area (Å²) >= 11 is 0. The van der Waals surface area contributed by atoms with Crippen molar-refractivity contribution in [1.82, 2.24) is 9.55 Å². The van der Waals surface area contributed by atoms with Crippen LogP contribution in [0.25, 0.3) is 11.0 Å². The van der Waals surface area contributed by atoms with Gasteiger partial charge < -0.3 is 24.6 Å². The number of hydrogen-bond acceptors (Lipinski definition) is 5. The Morgan fingerprint density at radius 1 is 1.11 bits per heavy atom. The topological polar surface area (TPSA) is 87.7 Å². The number of benzene rings is 1. The molecule has 0 spiro atoms. The Morgan fingerprint density at radius 3 is 2.67 bits per heavy atom. The molecule has 0 saturated carbocycles. The normalized spacial score (nSPS) is 26.5. The molecular weight excluding hydrogens is 344 g/mol. The van der Waals surface area contributed by atoms with E-state index in [-0.39, 0.29) is 0 Å². The van der Waals surface area contributed by atoms with Gasteiger partial charge in [-0.05, 0) is 43.0 Å². The number of aliphatic hydroxyl groups is 3. The molecule has 5 atom stereocenters. The second-order valence-corrected chi connectivity index (χ2v) is 7.15. The SMILES string of the molecule is Cc1ccnc2c1ccn2[C@@H]1O[C@H]([C@H](O)CCc2ccccc2)[C@@H](O)[C@H]1O. The summed E-state index contributed by atoms with van der Waals surface area (Å²) in [4.78, 5) is 4.38. The van der Waals surface area contributed by atoms with E-state index in [9.17, 15) is 15.3 Å². The molecule has 0 unspecified atom stereocenters. The standard InChI is InChI=1S/C21H24N2O4/c1-13-9-11-22-20-15(13)10-12-23(20)21-18(26)17(25)19(27-21)16(24)8-7-14-5-3-2-4-6-14/h2-6,9-12,16-19,21,24-26H,7-8H2,1H3/t16-,17+,18-,19-,21-/m1/s1. The third-order valence-corrected chi connectivity index (χ3v) is 5.33. The average Bonchev–Trinajstić information content (AvgIpc) is 3.23. The Morgan fingerprint density at radius 2 is 1.89 bits per heavy atom. The van der Waals surface area contributed by atoms with E-state index in [2.05, 4.69) is 4.98 Å². The first kappa shape index (κ1) is 18.1. The van der Waals surface area contributed by atoms with E-state index in [4.69, 9.17) is 4.74 Å². The minimum atomic E-state index is -1.16. The van der Waals surface area contributed by atoms with Crippen molar-refractivity contribution in [3.8, 4) is 0 Å². The van der Waals surface area contributed by atoms with E-state index in [0.29, 0.717) is 18.5 Å². The number of aryl methyl sites for hydroxylation is 2. The lowest BCUT2D eigenvalue weighted by Gasteiger charge is -2.21. The molecule has 3 heterocycles. The number of fused-ring (bicyclic) bond motifs is 1. The average molecular weight is 368 g/mol. The maximum absolute atomic E-state index is 10.6. The number of nitrogens with zero attached hydrogens (tertiary/aromatic N) is 2. The third kappa shape index (κ3) is 3.37. The molecule has 4 rings (SSSR count). The fraction of sp³-hybridized carbons (Fsp3) is 0.381. The Balaban J connectivity index is 1.51. The van der Waals surface area contributed by atoms with Gasteiger partial charge in [-0.25, -0.2) is 4.98 Å². The number of ether oxygens (including phenoxy) is 1. The summed E-state index contributed by atoms with van der Waals surface area (Å²) in [6, 6.07) is 13.7. The lowest BCUT2D eigenvalue weighted by Crippen LogP contribution is -2.38. The number of pyridine rings is 1. The molecule has 1 aliphatic heterocycles. The fourth-order valence-corrected chi connectivity index (χ4v) is 3.75. The van der Waals surface area contributed by atoms with Crippen molar-refractivity contribution in [2.45, 2.75) is 50.4 Å². The van der Waals surface area contributed by atoms with Gasteiger partial charge in [0.25, 0.3) is 0 Å². The zero-order valence-corrected chi connectivity index (χ0v) is 15.1. The van der Waals surface area contributed by atoms with E-state index in [0.717, 1.165) is 16.5 Å². The summed E-state index contributed by atoms with van der Waals surface area (Å²) in [5, 5.41) is 32.5. The summed E-state index contributed by atoms with van der Waals surface area (Å²) in [5.41, 5.74) is 2.87. The van der Waals surface area contributed by atoms with Crippen molar-refractivity contribution in [2.75, 3.05) is 0 Å². The quantitative estimate of drug-likeness (QED) is 0.641. The van der Waals surface area contributed by atoms with Gasteiger partial charge in [0.2, 0.25) is 0 Å². The van der Waals surface area contributed by atoms with E-state index in [1.54, 1.807) is 17.0 Å². The molecule has 6 nitrogen and oxygen atoms in total. The summed E-state index contributed by atoms with van der Waals surface area (Å²) in [5.74, 6) is 0. The predicted molar refractivity (Wildman–Crippen MR) is 101 cm³/mol. The van der Waals surface area contributed by atoms with Crippen molar-refractivity contribution in [2.24, 2.45) is 0 Å². The predicted octanol–water partition coefficient (Wildman–Crippen LogP) is 1.96. The smallest absolute Gasteiger partial charge is 0.164 e. The van der Waals surface area contributed by atoms with Gasteiger partial charge in [-0.15, -0.1) is 0 Å². The highest BCUT2D eigenvalue weighted by Crippen LogP contribution is 2.34.